The first-order chi connectivity index (χ1) is 29.1. The zero-order valence-electron chi connectivity index (χ0n) is 34.2. The van der Waals surface area contributed by atoms with Crippen molar-refractivity contribution in [2.45, 2.75) is 95.7 Å². The molecule has 0 spiro atoms. The third-order valence-electron chi connectivity index (χ3n) is 11.1. The van der Waals surface area contributed by atoms with E-state index in [2.05, 4.69) is 10.6 Å². The van der Waals surface area contributed by atoms with Crippen molar-refractivity contribution in [1.82, 2.24) is 10.6 Å². The number of aliphatic hydroxyl groups excluding tert-OH is 1. The molecule has 0 aromatic heterocycles. The van der Waals surface area contributed by atoms with Gasteiger partial charge in [0.15, 0.2) is 0 Å². The van der Waals surface area contributed by atoms with E-state index in [1.165, 1.54) is 36.4 Å². The van der Waals surface area contributed by atoms with Gasteiger partial charge in [0.25, 0.3) is 10.1 Å². The Balaban J connectivity index is 1.11. The first kappa shape index (κ1) is 47.6. The highest BCUT2D eigenvalue weighted by molar-refractivity contribution is 7.85. The molecule has 1 heterocycles. The average Bonchev–Trinajstić information content (AvgIpc) is 3.22. The maximum Gasteiger partial charge on any atom is 0.356 e. The van der Waals surface area contributed by atoms with Crippen LogP contribution in [0.5, 0.6) is 5.75 Å². The molecule has 4 aromatic carbocycles. The first-order valence-electron chi connectivity index (χ1n) is 20.9. The van der Waals surface area contributed by atoms with E-state index < -0.39 is 41.6 Å². The minimum Gasteiger partial charge on any atom is -0.508 e. The Morgan fingerprint density at radius 1 is 0.803 bits per heavy atom. The number of rotatable bonds is 25. The number of phenolic OH excluding ortho intramolecular Hbond substituents is 1. The van der Waals surface area contributed by atoms with Gasteiger partial charge in [-0.3, -0.25) is 18.7 Å². The number of anilines is 1. The number of hydrogen-bond donors (Lipinski definition) is 7. The standard InChI is InChI=1S/C45H57FN3O10PS/c46-36-18-13-34(14-19-36)41(50)26-25-40-44(39-24-17-35(30-42(39)51)33-15-22-38(23-16-33)60(54,55)56)49(45(40)53)37-20-11-32(12-21-37)31-48-43(52)10-8-6-4-2-1-3-5-7-9-27-47-28-29-61(57,58)59/h11-24,30,40-41,44,47,50-51H,1-10,25-29,31H2,(H,48,52)(H2,54,55,56)(H,57,58,59)/t40-,41+,44-/m1/s1. The quantitative estimate of drug-likeness (QED) is 0.0153. The number of nitrogens with one attached hydrogen (secondary N) is 2. The predicted molar refractivity (Wildman–Crippen MR) is 233 cm³/mol. The normalized spacial score (nSPS) is 16.0. The molecule has 4 aromatic rings. The van der Waals surface area contributed by atoms with Crippen LogP contribution in [0.15, 0.2) is 91.0 Å². The minimum atomic E-state index is -4.42. The summed E-state index contributed by atoms with van der Waals surface area (Å²) in [4.78, 5) is 47.0. The fourth-order valence-electron chi connectivity index (χ4n) is 7.65. The fourth-order valence-corrected chi connectivity index (χ4v) is 8.59. The molecule has 1 aliphatic rings. The summed E-state index contributed by atoms with van der Waals surface area (Å²) in [5.74, 6) is -1.56. The summed E-state index contributed by atoms with van der Waals surface area (Å²) in [5.41, 5.74) is 3.71. The molecule has 1 fully saturated rings. The van der Waals surface area contributed by atoms with Gasteiger partial charge in [-0.25, -0.2) is 4.39 Å². The van der Waals surface area contributed by atoms with Gasteiger partial charge in [-0.15, -0.1) is 0 Å². The monoisotopic (exact) mass is 881 g/mol. The lowest BCUT2D eigenvalue weighted by Crippen LogP contribution is -2.55. The van der Waals surface area contributed by atoms with Gasteiger partial charge < -0.3 is 35.5 Å². The van der Waals surface area contributed by atoms with E-state index in [0.29, 0.717) is 47.3 Å². The third kappa shape index (κ3) is 14.6. The molecule has 0 radical (unpaired) electrons. The zero-order chi connectivity index (χ0) is 44.0. The van der Waals surface area contributed by atoms with Crippen LogP contribution in [-0.4, -0.2) is 63.6 Å². The second-order valence-corrected chi connectivity index (χ2v) is 18.9. The number of halogens is 1. The lowest BCUT2D eigenvalue weighted by molar-refractivity contribution is -0.131. The molecular formula is C45H57FN3O10PS. The van der Waals surface area contributed by atoms with Gasteiger partial charge in [-0.05, 0) is 96.9 Å². The van der Waals surface area contributed by atoms with Crippen LogP contribution in [0, 0.1) is 11.7 Å². The van der Waals surface area contributed by atoms with Gasteiger partial charge in [0.1, 0.15) is 11.6 Å². The maximum absolute atomic E-state index is 13.8. The SMILES string of the molecule is O=C(CCCCCCCCCCCNCCS(=O)(=O)O)NCc1ccc(N2C(=O)[C@H](CC[C@H](O)c3ccc(F)cc3)[C@H]2c2ccc(-c3ccc(P(=O)(O)O)cc3)cc2O)cc1. The second-order valence-electron chi connectivity index (χ2n) is 15.7. The van der Waals surface area contributed by atoms with Gasteiger partial charge in [0.2, 0.25) is 11.8 Å². The van der Waals surface area contributed by atoms with E-state index in [-0.39, 0.29) is 41.6 Å². The minimum absolute atomic E-state index is 0.0328. The molecule has 2 amide bonds. The van der Waals surface area contributed by atoms with Crippen molar-refractivity contribution in [3.63, 3.8) is 0 Å². The highest BCUT2D eigenvalue weighted by atomic mass is 32.2. The second kappa shape index (κ2) is 22.6. The Morgan fingerprint density at radius 2 is 1.41 bits per heavy atom. The number of carbonyl (C=O) groups excluding carboxylic acids is 2. The number of phenols is 1. The molecule has 0 aliphatic carbocycles. The van der Waals surface area contributed by atoms with Crippen molar-refractivity contribution in [2.24, 2.45) is 5.92 Å². The lowest BCUT2D eigenvalue weighted by atomic mass is 9.77. The van der Waals surface area contributed by atoms with Crippen molar-refractivity contribution in [1.29, 1.82) is 0 Å². The number of carbonyl (C=O) groups is 2. The molecule has 0 unspecified atom stereocenters. The predicted octanol–water partition coefficient (Wildman–Crippen LogP) is 7.21. The van der Waals surface area contributed by atoms with Crippen LogP contribution in [0.2, 0.25) is 0 Å². The summed E-state index contributed by atoms with van der Waals surface area (Å²) in [7, 11) is -8.33. The van der Waals surface area contributed by atoms with Gasteiger partial charge in [-0.2, -0.15) is 8.42 Å². The highest BCUT2D eigenvalue weighted by Gasteiger charge is 2.49. The van der Waals surface area contributed by atoms with Crippen LogP contribution in [-0.2, 0) is 30.8 Å². The average molecular weight is 882 g/mol. The Morgan fingerprint density at radius 3 is 2.02 bits per heavy atom. The van der Waals surface area contributed by atoms with Crippen molar-refractivity contribution >= 4 is 40.5 Å². The fraction of sp³-hybridized carbons (Fsp3) is 0.422. The Hall–Kier alpha value is -4.47. The molecule has 13 nitrogen and oxygen atoms in total. The van der Waals surface area contributed by atoms with Crippen molar-refractivity contribution in [3.8, 4) is 16.9 Å². The van der Waals surface area contributed by atoms with Gasteiger partial charge in [0.05, 0.1) is 29.1 Å². The van der Waals surface area contributed by atoms with Gasteiger partial charge in [-0.1, -0.05) is 93.5 Å². The third-order valence-corrected chi connectivity index (χ3v) is 12.8. The molecule has 5 rings (SSSR count). The van der Waals surface area contributed by atoms with E-state index >= 15 is 0 Å². The summed E-state index contributed by atoms with van der Waals surface area (Å²) >= 11 is 0. The zero-order valence-corrected chi connectivity index (χ0v) is 35.9. The van der Waals surface area contributed by atoms with E-state index in [1.54, 1.807) is 47.4 Å². The summed E-state index contributed by atoms with van der Waals surface area (Å²) < 4.78 is 55.3. The summed E-state index contributed by atoms with van der Waals surface area (Å²) in [5, 5.41) is 28.1. The molecule has 7 N–H and O–H groups in total. The summed E-state index contributed by atoms with van der Waals surface area (Å²) in [6.07, 6.45) is 9.40. The van der Waals surface area contributed by atoms with Gasteiger partial charge >= 0.3 is 7.60 Å². The molecule has 1 aliphatic heterocycles. The highest BCUT2D eigenvalue weighted by Crippen LogP contribution is 2.49. The van der Waals surface area contributed by atoms with Crippen LogP contribution >= 0.6 is 7.60 Å². The largest absolute Gasteiger partial charge is 0.508 e. The number of nitrogens with zero attached hydrogens (tertiary/aromatic N) is 1. The summed E-state index contributed by atoms with van der Waals surface area (Å²) in [6.45, 7) is 1.32. The van der Waals surface area contributed by atoms with Crippen LogP contribution in [0.4, 0.5) is 10.1 Å². The smallest absolute Gasteiger partial charge is 0.356 e. The molecule has 3 atom stereocenters. The Bertz CT molecular complexity index is 2200. The number of benzene rings is 4. The topological polar surface area (TPSA) is 214 Å². The van der Waals surface area contributed by atoms with E-state index in [4.69, 9.17) is 4.55 Å². The van der Waals surface area contributed by atoms with E-state index in [0.717, 1.165) is 69.9 Å². The number of aromatic hydroxyl groups is 1. The number of β-lactam (4-membered cyclic amide) rings is 1. The van der Waals surface area contributed by atoms with Crippen molar-refractivity contribution < 1.29 is 51.5 Å². The molecule has 1 saturated heterocycles. The number of amides is 2. The van der Waals surface area contributed by atoms with E-state index in [9.17, 15) is 47.0 Å². The first-order valence-corrected chi connectivity index (χ1v) is 24.1. The van der Waals surface area contributed by atoms with E-state index in [1.807, 2.05) is 12.1 Å². The van der Waals surface area contributed by atoms with Crippen LogP contribution in [0.1, 0.15) is 106 Å². The Kier molecular flexibility index (Phi) is 17.6. The Labute approximate surface area is 357 Å². The molecule has 61 heavy (non-hydrogen) atoms. The molecule has 0 bridgehead atoms. The number of hydrogen-bond acceptors (Lipinski definition) is 8. The molecular weight excluding hydrogens is 825 g/mol. The van der Waals surface area contributed by atoms with Crippen molar-refractivity contribution in [2.75, 3.05) is 23.7 Å². The van der Waals surface area contributed by atoms with Crippen LogP contribution in [0.3, 0.4) is 0 Å². The van der Waals surface area contributed by atoms with Crippen molar-refractivity contribution in [3.05, 3.63) is 114 Å². The summed E-state index contributed by atoms with van der Waals surface area (Å²) in [6, 6.07) is 23.1. The molecule has 16 heteroatoms. The van der Waals surface area contributed by atoms with Crippen LogP contribution in [0.25, 0.3) is 11.1 Å². The van der Waals surface area contributed by atoms with Gasteiger partial charge in [0, 0.05) is 30.8 Å². The maximum atomic E-state index is 13.8. The van der Waals surface area contributed by atoms with Crippen LogP contribution < -0.4 is 20.8 Å². The molecule has 330 valence electrons. The number of aliphatic hydroxyl groups is 1. The lowest BCUT2D eigenvalue weighted by Gasteiger charge is -2.48. The molecule has 0 saturated carbocycles. The number of unbranched alkanes of at least 4 members (excludes halogenated alkanes) is 8.